The Morgan fingerprint density at radius 1 is 1.26 bits per heavy atom. The molecule has 108 valence electrons. The molecule has 1 aromatic carbocycles. The number of hydrogen-bond acceptors (Lipinski definition) is 4. The van der Waals surface area contributed by atoms with Gasteiger partial charge < -0.3 is 0 Å². The largest absolute Gasteiger partial charge is 0.271 e. The Balaban J connectivity index is 2.68. The molecule has 5 heteroatoms. The summed E-state index contributed by atoms with van der Waals surface area (Å²) in [6.07, 6.45) is 2.30. The normalized spacial score (nSPS) is 13.4. The summed E-state index contributed by atoms with van der Waals surface area (Å²) in [4.78, 5) is 0. The zero-order valence-corrected chi connectivity index (χ0v) is 12.5. The third-order valence-electron chi connectivity index (χ3n) is 3.40. The van der Waals surface area contributed by atoms with Crippen LogP contribution in [0.4, 0.5) is 0 Å². The maximum atomic E-state index is 11.5. The lowest BCUT2D eigenvalue weighted by Gasteiger charge is -2.19. The molecule has 19 heavy (non-hydrogen) atoms. The minimum absolute atomic E-state index is 0.0169. The van der Waals surface area contributed by atoms with Crippen molar-refractivity contribution in [2.45, 2.75) is 39.2 Å². The second kappa shape index (κ2) is 7.62. The third-order valence-corrected chi connectivity index (χ3v) is 5.19. The molecule has 1 rings (SSSR count). The topological polar surface area (TPSA) is 72.2 Å². The van der Waals surface area contributed by atoms with Crippen LogP contribution in [0.3, 0.4) is 0 Å². The molecule has 0 aliphatic heterocycles. The van der Waals surface area contributed by atoms with Crippen LogP contribution in [0.1, 0.15) is 43.9 Å². The first-order valence-corrected chi connectivity index (χ1v) is 8.60. The first-order chi connectivity index (χ1) is 9.04. The van der Waals surface area contributed by atoms with Crippen molar-refractivity contribution in [1.29, 1.82) is 0 Å². The minimum atomic E-state index is -2.89. The van der Waals surface area contributed by atoms with Crippen LogP contribution in [0.2, 0.25) is 0 Å². The molecule has 0 heterocycles. The maximum Gasteiger partial charge on any atom is 0.150 e. The first kappa shape index (κ1) is 16.1. The fraction of sp³-hybridized carbons (Fsp3) is 0.571. The van der Waals surface area contributed by atoms with Crippen molar-refractivity contribution in [3.8, 4) is 0 Å². The van der Waals surface area contributed by atoms with Gasteiger partial charge in [-0.3, -0.25) is 11.3 Å². The van der Waals surface area contributed by atoms with E-state index in [1.165, 1.54) is 11.1 Å². The zero-order chi connectivity index (χ0) is 14.3. The average Bonchev–Trinajstić information content (AvgIpc) is 2.43. The van der Waals surface area contributed by atoms with Crippen molar-refractivity contribution in [2.75, 3.05) is 11.5 Å². The van der Waals surface area contributed by atoms with E-state index in [0.29, 0.717) is 6.42 Å². The quantitative estimate of drug-likeness (QED) is 0.565. The van der Waals surface area contributed by atoms with Crippen molar-refractivity contribution in [1.82, 2.24) is 5.43 Å². The van der Waals surface area contributed by atoms with Crippen LogP contribution in [0.5, 0.6) is 0 Å². The molecular weight excluding hydrogens is 260 g/mol. The summed E-state index contributed by atoms with van der Waals surface area (Å²) in [6.45, 7) is 3.79. The Morgan fingerprint density at radius 3 is 2.53 bits per heavy atom. The van der Waals surface area contributed by atoms with Gasteiger partial charge in [0.15, 0.2) is 0 Å². The first-order valence-electron chi connectivity index (χ1n) is 6.78. The minimum Gasteiger partial charge on any atom is -0.271 e. The molecule has 1 aromatic rings. The Bertz CT molecular complexity index is 486. The predicted molar refractivity (Wildman–Crippen MR) is 79.4 cm³/mol. The third kappa shape index (κ3) is 4.93. The number of benzene rings is 1. The lowest BCUT2D eigenvalue weighted by Crippen LogP contribution is -2.29. The molecule has 0 aromatic heterocycles. The van der Waals surface area contributed by atoms with Gasteiger partial charge in [-0.15, -0.1) is 0 Å². The van der Waals surface area contributed by atoms with E-state index in [9.17, 15) is 8.42 Å². The molecule has 0 amide bonds. The van der Waals surface area contributed by atoms with Gasteiger partial charge in [0, 0.05) is 11.8 Å². The van der Waals surface area contributed by atoms with Crippen LogP contribution in [0.25, 0.3) is 0 Å². The van der Waals surface area contributed by atoms with E-state index in [1.807, 2.05) is 12.1 Å². The lowest BCUT2D eigenvalue weighted by molar-refractivity contribution is 0.504. The molecule has 0 spiro atoms. The smallest absolute Gasteiger partial charge is 0.150 e. The maximum absolute atomic E-state index is 11.5. The predicted octanol–water partition coefficient (Wildman–Crippen LogP) is 1.97. The van der Waals surface area contributed by atoms with Gasteiger partial charge in [-0.1, -0.05) is 38.1 Å². The van der Waals surface area contributed by atoms with E-state index in [4.69, 9.17) is 5.84 Å². The monoisotopic (exact) mass is 284 g/mol. The molecule has 0 radical (unpaired) electrons. The lowest BCUT2D eigenvalue weighted by atomic mass is 9.96. The molecule has 0 aliphatic carbocycles. The molecule has 0 saturated heterocycles. The molecule has 3 N–H and O–H groups in total. The van der Waals surface area contributed by atoms with Crippen molar-refractivity contribution >= 4 is 9.84 Å². The zero-order valence-electron chi connectivity index (χ0n) is 11.7. The Kier molecular flexibility index (Phi) is 6.48. The van der Waals surface area contributed by atoms with Crippen LogP contribution >= 0.6 is 0 Å². The van der Waals surface area contributed by atoms with Gasteiger partial charge in [-0.05, 0) is 30.4 Å². The van der Waals surface area contributed by atoms with Gasteiger partial charge in [0.05, 0.1) is 5.75 Å². The highest BCUT2D eigenvalue weighted by Crippen LogP contribution is 2.22. The van der Waals surface area contributed by atoms with E-state index in [-0.39, 0.29) is 17.5 Å². The van der Waals surface area contributed by atoms with Crippen molar-refractivity contribution in [2.24, 2.45) is 5.84 Å². The molecular formula is C14H24N2O2S. The summed E-state index contributed by atoms with van der Waals surface area (Å²) in [7, 11) is -2.89. The van der Waals surface area contributed by atoms with Gasteiger partial charge in [-0.2, -0.15) is 0 Å². The summed E-state index contributed by atoms with van der Waals surface area (Å²) >= 11 is 0. The van der Waals surface area contributed by atoms with Crippen molar-refractivity contribution in [3.05, 3.63) is 35.4 Å². The standard InChI is InChI=1S/C14H24N2O2S/c1-3-12-8-5-6-9-13(12)14(16-15)10-7-11-19(17,18)4-2/h5-6,8-9,14,16H,3-4,7,10-11,15H2,1-2H3. The highest BCUT2D eigenvalue weighted by atomic mass is 32.2. The van der Waals surface area contributed by atoms with Crippen LogP contribution < -0.4 is 11.3 Å². The van der Waals surface area contributed by atoms with E-state index >= 15 is 0 Å². The summed E-state index contributed by atoms with van der Waals surface area (Å²) in [5.74, 6) is 6.05. The molecule has 1 atom stereocenters. The van der Waals surface area contributed by atoms with E-state index in [1.54, 1.807) is 6.92 Å². The van der Waals surface area contributed by atoms with Gasteiger partial charge in [0.1, 0.15) is 9.84 Å². The number of hydrogen-bond donors (Lipinski definition) is 2. The molecule has 0 aliphatic rings. The average molecular weight is 284 g/mol. The van der Waals surface area contributed by atoms with Crippen LogP contribution in [-0.4, -0.2) is 19.9 Å². The fourth-order valence-electron chi connectivity index (χ4n) is 2.18. The van der Waals surface area contributed by atoms with E-state index in [0.717, 1.165) is 12.8 Å². The highest BCUT2D eigenvalue weighted by Gasteiger charge is 2.14. The number of nitrogens with one attached hydrogen (secondary N) is 1. The van der Waals surface area contributed by atoms with Crippen molar-refractivity contribution < 1.29 is 8.42 Å². The molecule has 4 nitrogen and oxygen atoms in total. The molecule has 1 unspecified atom stereocenters. The second-order valence-electron chi connectivity index (χ2n) is 4.65. The van der Waals surface area contributed by atoms with Gasteiger partial charge in [0.25, 0.3) is 0 Å². The fourth-order valence-corrected chi connectivity index (χ4v) is 3.07. The summed E-state index contributed by atoms with van der Waals surface area (Å²) in [6, 6.07) is 8.15. The second-order valence-corrected chi connectivity index (χ2v) is 7.12. The van der Waals surface area contributed by atoms with Crippen LogP contribution in [-0.2, 0) is 16.3 Å². The number of hydrazine groups is 1. The summed E-state index contributed by atoms with van der Waals surface area (Å²) < 4.78 is 23.0. The molecule has 0 fully saturated rings. The highest BCUT2D eigenvalue weighted by molar-refractivity contribution is 7.91. The van der Waals surface area contributed by atoms with E-state index in [2.05, 4.69) is 24.5 Å². The van der Waals surface area contributed by atoms with E-state index < -0.39 is 9.84 Å². The summed E-state index contributed by atoms with van der Waals surface area (Å²) in [5, 5.41) is 0. The molecule has 0 saturated carbocycles. The Hall–Kier alpha value is -0.910. The van der Waals surface area contributed by atoms with Crippen LogP contribution in [0.15, 0.2) is 24.3 Å². The molecule has 0 bridgehead atoms. The Morgan fingerprint density at radius 2 is 1.95 bits per heavy atom. The van der Waals surface area contributed by atoms with Gasteiger partial charge in [-0.25, -0.2) is 8.42 Å². The number of rotatable bonds is 8. The summed E-state index contributed by atoms with van der Waals surface area (Å²) in [5.41, 5.74) is 5.22. The number of nitrogens with two attached hydrogens (primary N) is 1. The number of aryl methyl sites for hydroxylation is 1. The van der Waals surface area contributed by atoms with Crippen molar-refractivity contribution in [3.63, 3.8) is 0 Å². The van der Waals surface area contributed by atoms with Gasteiger partial charge in [0.2, 0.25) is 0 Å². The van der Waals surface area contributed by atoms with Gasteiger partial charge >= 0.3 is 0 Å². The van der Waals surface area contributed by atoms with Crippen LogP contribution in [0, 0.1) is 0 Å². The SMILES string of the molecule is CCc1ccccc1C(CCCS(=O)(=O)CC)NN. The number of sulfone groups is 1. The Labute approximate surface area is 116 Å².